The number of nitrogens with zero attached hydrogens (tertiary/aromatic N) is 1. The highest BCUT2D eigenvalue weighted by Gasteiger charge is 2.41. The first kappa shape index (κ1) is 14.7. The minimum absolute atomic E-state index is 0.0900. The molecular weight excluding hydrogens is 346 g/mol. The Morgan fingerprint density at radius 3 is 2.58 bits per heavy atom. The zero-order valence-electron chi connectivity index (χ0n) is 9.68. The molecule has 1 saturated carbocycles. The summed E-state index contributed by atoms with van der Waals surface area (Å²) in [6.07, 6.45) is -3.20. The van der Waals surface area contributed by atoms with E-state index < -0.39 is 18.6 Å². The van der Waals surface area contributed by atoms with Crippen molar-refractivity contribution in [2.24, 2.45) is 0 Å². The van der Waals surface area contributed by atoms with Crippen LogP contribution in [-0.2, 0) is 0 Å². The van der Waals surface area contributed by atoms with Gasteiger partial charge in [-0.3, -0.25) is 4.79 Å². The molecule has 0 atom stereocenters. The molecule has 2 nitrogen and oxygen atoms in total. The average molecular weight is 357 g/mol. The summed E-state index contributed by atoms with van der Waals surface area (Å²) >= 11 is 9.11. The van der Waals surface area contributed by atoms with Crippen molar-refractivity contribution in [1.29, 1.82) is 0 Å². The lowest BCUT2D eigenvalue weighted by Crippen LogP contribution is -2.40. The fourth-order valence-corrected chi connectivity index (χ4v) is 2.34. The monoisotopic (exact) mass is 355 g/mol. The minimum atomic E-state index is -4.41. The van der Waals surface area contributed by atoms with Crippen LogP contribution in [0.4, 0.5) is 13.2 Å². The lowest BCUT2D eigenvalue weighted by molar-refractivity contribution is -0.141. The largest absolute Gasteiger partial charge is 0.406 e. The first-order valence-corrected chi connectivity index (χ1v) is 6.78. The van der Waals surface area contributed by atoms with Crippen molar-refractivity contribution in [2.45, 2.75) is 25.1 Å². The molecule has 0 bridgehead atoms. The van der Waals surface area contributed by atoms with Crippen LogP contribution in [0.25, 0.3) is 0 Å². The normalized spacial score (nSPS) is 15.4. The number of carbonyl (C=O) groups excluding carboxylic acids is 1. The van der Waals surface area contributed by atoms with Crippen LogP contribution in [0.3, 0.4) is 0 Å². The van der Waals surface area contributed by atoms with Crippen LogP contribution in [0.5, 0.6) is 0 Å². The van der Waals surface area contributed by atoms with Gasteiger partial charge >= 0.3 is 6.18 Å². The molecule has 104 valence electrons. The van der Waals surface area contributed by atoms with Crippen molar-refractivity contribution < 1.29 is 18.0 Å². The minimum Gasteiger partial charge on any atom is -0.327 e. The third-order valence-electron chi connectivity index (χ3n) is 2.78. The molecule has 1 aliphatic carbocycles. The molecule has 0 radical (unpaired) electrons. The van der Waals surface area contributed by atoms with Crippen molar-refractivity contribution in [3.63, 3.8) is 0 Å². The summed E-state index contributed by atoms with van der Waals surface area (Å²) in [7, 11) is 0. The summed E-state index contributed by atoms with van der Waals surface area (Å²) in [5.74, 6) is -0.675. The van der Waals surface area contributed by atoms with Gasteiger partial charge in [0.2, 0.25) is 0 Å². The fraction of sp³-hybridized carbons (Fsp3) is 0.417. The summed E-state index contributed by atoms with van der Waals surface area (Å²) in [6, 6.07) is 4.30. The van der Waals surface area contributed by atoms with E-state index in [0.717, 1.165) is 4.90 Å². The number of benzene rings is 1. The zero-order chi connectivity index (χ0) is 14.2. The second-order valence-corrected chi connectivity index (χ2v) is 5.61. The Balaban J connectivity index is 2.27. The molecule has 1 aromatic rings. The smallest absolute Gasteiger partial charge is 0.327 e. The number of hydrogen-bond donors (Lipinski definition) is 0. The van der Waals surface area contributed by atoms with Gasteiger partial charge in [0.05, 0.1) is 10.6 Å². The maximum atomic E-state index is 12.5. The molecule has 19 heavy (non-hydrogen) atoms. The highest BCUT2D eigenvalue weighted by atomic mass is 79.9. The Bertz CT molecular complexity index is 502. The standard InChI is InChI=1S/C12H10BrClF3NO/c13-9-3-1-2-8(10(9)14)11(19)18(7-4-5-7)6-12(15,16)17/h1-3,7H,4-6H2. The molecule has 0 aromatic heterocycles. The molecule has 0 N–H and O–H groups in total. The van der Waals surface area contributed by atoms with Gasteiger partial charge in [-0.25, -0.2) is 0 Å². The Kier molecular flexibility index (Phi) is 4.11. The average Bonchev–Trinajstić information content (AvgIpc) is 3.12. The van der Waals surface area contributed by atoms with E-state index in [1.807, 2.05) is 0 Å². The van der Waals surface area contributed by atoms with E-state index in [0.29, 0.717) is 17.3 Å². The van der Waals surface area contributed by atoms with Crippen molar-refractivity contribution in [1.82, 2.24) is 4.90 Å². The Hall–Kier alpha value is -0.750. The maximum Gasteiger partial charge on any atom is 0.406 e. The SMILES string of the molecule is O=C(c1cccc(Br)c1Cl)N(CC(F)(F)F)C1CC1. The third kappa shape index (κ3) is 3.63. The molecule has 0 aliphatic heterocycles. The van der Waals surface area contributed by atoms with Crippen LogP contribution in [0, 0.1) is 0 Å². The molecule has 0 heterocycles. The number of carbonyl (C=O) groups is 1. The topological polar surface area (TPSA) is 20.3 Å². The van der Waals surface area contributed by atoms with Crippen LogP contribution < -0.4 is 0 Å². The number of halogens is 5. The first-order chi connectivity index (χ1) is 8.79. The van der Waals surface area contributed by atoms with E-state index in [4.69, 9.17) is 11.6 Å². The van der Waals surface area contributed by atoms with Crippen LogP contribution in [-0.4, -0.2) is 29.6 Å². The zero-order valence-corrected chi connectivity index (χ0v) is 12.0. The molecule has 0 unspecified atom stereocenters. The van der Waals surface area contributed by atoms with E-state index in [-0.39, 0.29) is 16.6 Å². The molecule has 0 spiro atoms. The Labute approximate surface area is 121 Å². The number of alkyl halides is 3. The van der Waals surface area contributed by atoms with E-state index in [1.165, 1.54) is 6.07 Å². The predicted molar refractivity (Wildman–Crippen MR) is 69.3 cm³/mol. The van der Waals surface area contributed by atoms with E-state index in [2.05, 4.69) is 15.9 Å². The van der Waals surface area contributed by atoms with Crippen molar-refractivity contribution in [2.75, 3.05) is 6.54 Å². The molecule has 1 aliphatic rings. The molecule has 0 saturated heterocycles. The van der Waals surface area contributed by atoms with Crippen LogP contribution in [0.15, 0.2) is 22.7 Å². The Morgan fingerprint density at radius 1 is 1.42 bits per heavy atom. The summed E-state index contributed by atoms with van der Waals surface area (Å²) in [4.78, 5) is 13.1. The lowest BCUT2D eigenvalue weighted by atomic mass is 10.2. The fourth-order valence-electron chi connectivity index (χ4n) is 1.77. The summed E-state index contributed by atoms with van der Waals surface area (Å²) in [5.41, 5.74) is 0.0900. The van der Waals surface area contributed by atoms with Gasteiger partial charge in [-0.2, -0.15) is 13.2 Å². The summed E-state index contributed by atoms with van der Waals surface area (Å²) in [6.45, 7) is -1.24. The predicted octanol–water partition coefficient (Wildman–Crippen LogP) is 4.27. The van der Waals surface area contributed by atoms with Crippen molar-refractivity contribution >= 4 is 33.4 Å². The highest BCUT2D eigenvalue weighted by Crippen LogP contribution is 2.34. The maximum absolute atomic E-state index is 12.5. The van der Waals surface area contributed by atoms with Gasteiger partial charge in [-0.1, -0.05) is 17.7 Å². The second kappa shape index (κ2) is 5.32. The molecule has 1 amide bonds. The summed E-state index contributed by atoms with van der Waals surface area (Å²) in [5, 5.41) is 0.139. The van der Waals surface area contributed by atoms with Gasteiger partial charge in [0.1, 0.15) is 6.54 Å². The van der Waals surface area contributed by atoms with Gasteiger partial charge < -0.3 is 4.90 Å². The lowest BCUT2D eigenvalue weighted by Gasteiger charge is -2.24. The Morgan fingerprint density at radius 2 is 2.05 bits per heavy atom. The van der Waals surface area contributed by atoms with Crippen LogP contribution >= 0.6 is 27.5 Å². The van der Waals surface area contributed by atoms with Gasteiger partial charge in [-0.05, 0) is 40.9 Å². The molecule has 7 heteroatoms. The third-order valence-corrected chi connectivity index (χ3v) is 4.08. The summed E-state index contributed by atoms with van der Waals surface area (Å²) < 4.78 is 38.0. The highest BCUT2D eigenvalue weighted by molar-refractivity contribution is 9.10. The van der Waals surface area contributed by atoms with Crippen LogP contribution in [0.1, 0.15) is 23.2 Å². The van der Waals surface area contributed by atoms with Gasteiger partial charge in [0.15, 0.2) is 0 Å². The van der Waals surface area contributed by atoms with Crippen molar-refractivity contribution in [3.8, 4) is 0 Å². The van der Waals surface area contributed by atoms with E-state index in [9.17, 15) is 18.0 Å². The first-order valence-electron chi connectivity index (χ1n) is 5.61. The van der Waals surface area contributed by atoms with E-state index >= 15 is 0 Å². The molecular formula is C12H10BrClF3NO. The second-order valence-electron chi connectivity index (χ2n) is 4.38. The number of amides is 1. The van der Waals surface area contributed by atoms with E-state index in [1.54, 1.807) is 12.1 Å². The number of rotatable bonds is 3. The van der Waals surface area contributed by atoms with Gasteiger partial charge in [-0.15, -0.1) is 0 Å². The van der Waals surface area contributed by atoms with Crippen molar-refractivity contribution in [3.05, 3.63) is 33.3 Å². The molecule has 1 aromatic carbocycles. The molecule has 1 fully saturated rings. The quantitative estimate of drug-likeness (QED) is 0.792. The van der Waals surface area contributed by atoms with Gasteiger partial charge in [0.25, 0.3) is 5.91 Å². The molecule has 2 rings (SSSR count). The van der Waals surface area contributed by atoms with Gasteiger partial charge in [0, 0.05) is 10.5 Å². The van der Waals surface area contributed by atoms with Crippen LogP contribution in [0.2, 0.25) is 5.02 Å². The number of hydrogen-bond acceptors (Lipinski definition) is 1.